The summed E-state index contributed by atoms with van der Waals surface area (Å²) in [5.41, 5.74) is 0. The highest BCUT2D eigenvalue weighted by atomic mass is 16.5. The lowest BCUT2D eigenvalue weighted by atomic mass is 10.1. The van der Waals surface area contributed by atoms with Crippen molar-refractivity contribution in [2.24, 2.45) is 0 Å². The van der Waals surface area contributed by atoms with Crippen LogP contribution >= 0.6 is 0 Å². The van der Waals surface area contributed by atoms with Crippen molar-refractivity contribution < 1.29 is 4.74 Å². The molecule has 0 radical (unpaired) electrons. The number of hydrogen-bond donors (Lipinski definition) is 1. The zero-order valence-corrected chi connectivity index (χ0v) is 10.5. The summed E-state index contributed by atoms with van der Waals surface area (Å²) in [4.78, 5) is 2.53. The summed E-state index contributed by atoms with van der Waals surface area (Å²) >= 11 is 0. The van der Waals surface area contributed by atoms with Crippen LogP contribution in [0.15, 0.2) is 0 Å². The summed E-state index contributed by atoms with van der Waals surface area (Å²) in [6.45, 7) is 8.79. The molecule has 1 saturated heterocycles. The SMILES string of the molecule is CNC(C)CCCCN1CCOC(C)C1. The maximum absolute atomic E-state index is 5.52. The molecule has 1 fully saturated rings. The molecule has 1 aliphatic heterocycles. The van der Waals surface area contributed by atoms with Crippen LogP contribution in [0.3, 0.4) is 0 Å². The quantitative estimate of drug-likeness (QED) is 0.678. The molecule has 3 nitrogen and oxygen atoms in total. The number of unbranched alkanes of at least 4 members (excludes halogenated alkanes) is 1. The minimum absolute atomic E-state index is 0.426. The van der Waals surface area contributed by atoms with Crippen LogP contribution < -0.4 is 5.32 Å². The molecule has 1 rings (SSSR count). The molecule has 0 aromatic rings. The Hall–Kier alpha value is -0.120. The van der Waals surface area contributed by atoms with E-state index in [0.29, 0.717) is 12.1 Å². The van der Waals surface area contributed by atoms with Crippen molar-refractivity contribution in [1.82, 2.24) is 10.2 Å². The molecule has 90 valence electrons. The van der Waals surface area contributed by atoms with E-state index in [0.717, 1.165) is 19.7 Å². The topological polar surface area (TPSA) is 24.5 Å². The standard InChI is InChI=1S/C12H26N2O/c1-11(13-3)6-4-5-7-14-8-9-15-12(2)10-14/h11-13H,4-10H2,1-3H3. The second-order valence-electron chi connectivity index (χ2n) is 4.67. The third-order valence-electron chi connectivity index (χ3n) is 3.18. The van der Waals surface area contributed by atoms with Crippen LogP contribution in [0.2, 0.25) is 0 Å². The molecule has 0 bridgehead atoms. The second-order valence-corrected chi connectivity index (χ2v) is 4.67. The first-order valence-electron chi connectivity index (χ1n) is 6.23. The predicted octanol–water partition coefficient (Wildman–Crippen LogP) is 1.49. The fraction of sp³-hybridized carbons (Fsp3) is 1.00. The van der Waals surface area contributed by atoms with Gasteiger partial charge in [0.05, 0.1) is 12.7 Å². The molecule has 0 amide bonds. The maximum Gasteiger partial charge on any atom is 0.0674 e. The van der Waals surface area contributed by atoms with Gasteiger partial charge >= 0.3 is 0 Å². The maximum atomic E-state index is 5.52. The first-order valence-corrected chi connectivity index (χ1v) is 6.23. The third kappa shape index (κ3) is 5.50. The molecule has 0 aromatic heterocycles. The monoisotopic (exact) mass is 214 g/mol. The second kappa shape index (κ2) is 7.20. The lowest BCUT2D eigenvalue weighted by Gasteiger charge is -2.31. The molecule has 15 heavy (non-hydrogen) atoms. The summed E-state index contributed by atoms with van der Waals surface area (Å²) in [6.07, 6.45) is 4.36. The van der Waals surface area contributed by atoms with Gasteiger partial charge in [-0.25, -0.2) is 0 Å². The van der Waals surface area contributed by atoms with Gasteiger partial charge in [-0.1, -0.05) is 6.42 Å². The summed E-state index contributed by atoms with van der Waals surface area (Å²) in [6, 6.07) is 0.661. The Balaban J connectivity index is 1.99. The van der Waals surface area contributed by atoms with E-state index in [2.05, 4.69) is 24.1 Å². The lowest BCUT2D eigenvalue weighted by Crippen LogP contribution is -2.41. The van der Waals surface area contributed by atoms with Gasteiger partial charge in [-0.05, 0) is 40.3 Å². The Morgan fingerprint density at radius 1 is 1.47 bits per heavy atom. The Morgan fingerprint density at radius 3 is 2.93 bits per heavy atom. The van der Waals surface area contributed by atoms with Crippen molar-refractivity contribution in [3.63, 3.8) is 0 Å². The minimum Gasteiger partial charge on any atom is -0.376 e. The third-order valence-corrected chi connectivity index (χ3v) is 3.18. The zero-order chi connectivity index (χ0) is 11.1. The molecular formula is C12H26N2O. The van der Waals surface area contributed by atoms with Crippen molar-refractivity contribution >= 4 is 0 Å². The number of nitrogens with zero attached hydrogens (tertiary/aromatic N) is 1. The van der Waals surface area contributed by atoms with E-state index in [4.69, 9.17) is 4.74 Å². The molecule has 2 atom stereocenters. The van der Waals surface area contributed by atoms with Crippen LogP contribution in [0.4, 0.5) is 0 Å². The smallest absolute Gasteiger partial charge is 0.0674 e. The largest absolute Gasteiger partial charge is 0.376 e. The van der Waals surface area contributed by atoms with Gasteiger partial charge in [0, 0.05) is 19.1 Å². The highest BCUT2D eigenvalue weighted by molar-refractivity contribution is 4.68. The van der Waals surface area contributed by atoms with Gasteiger partial charge in [0.25, 0.3) is 0 Å². The summed E-state index contributed by atoms with van der Waals surface area (Å²) < 4.78 is 5.52. The van der Waals surface area contributed by atoms with Crippen LogP contribution in [-0.4, -0.2) is 50.3 Å². The van der Waals surface area contributed by atoms with E-state index in [1.165, 1.54) is 25.8 Å². The van der Waals surface area contributed by atoms with E-state index < -0.39 is 0 Å². The summed E-state index contributed by atoms with van der Waals surface area (Å²) in [7, 11) is 2.04. The van der Waals surface area contributed by atoms with Crippen LogP contribution in [0, 0.1) is 0 Å². The zero-order valence-electron chi connectivity index (χ0n) is 10.5. The normalized spacial score (nSPS) is 25.4. The van der Waals surface area contributed by atoms with Gasteiger partial charge in [0.1, 0.15) is 0 Å². The van der Waals surface area contributed by atoms with Crippen LogP contribution in [0.25, 0.3) is 0 Å². The van der Waals surface area contributed by atoms with Crippen LogP contribution in [-0.2, 0) is 4.74 Å². The average molecular weight is 214 g/mol. The molecule has 3 heteroatoms. The average Bonchev–Trinajstić information content (AvgIpc) is 2.24. The van der Waals surface area contributed by atoms with Crippen molar-refractivity contribution in [3.05, 3.63) is 0 Å². The lowest BCUT2D eigenvalue weighted by molar-refractivity contribution is -0.0186. The van der Waals surface area contributed by atoms with Crippen molar-refractivity contribution in [2.75, 3.05) is 33.3 Å². The van der Waals surface area contributed by atoms with Gasteiger partial charge in [0.15, 0.2) is 0 Å². The van der Waals surface area contributed by atoms with Crippen LogP contribution in [0.1, 0.15) is 33.1 Å². The van der Waals surface area contributed by atoms with E-state index in [9.17, 15) is 0 Å². The van der Waals surface area contributed by atoms with Crippen molar-refractivity contribution in [2.45, 2.75) is 45.3 Å². The van der Waals surface area contributed by atoms with Gasteiger partial charge in [-0.15, -0.1) is 0 Å². The Bertz CT molecular complexity index is 164. The Kier molecular flexibility index (Phi) is 6.22. The van der Waals surface area contributed by atoms with Gasteiger partial charge in [0.2, 0.25) is 0 Å². The highest BCUT2D eigenvalue weighted by Crippen LogP contribution is 2.07. The molecule has 0 aliphatic carbocycles. The van der Waals surface area contributed by atoms with Gasteiger partial charge in [-0.2, -0.15) is 0 Å². The number of rotatable bonds is 6. The molecule has 0 saturated carbocycles. The molecule has 2 unspecified atom stereocenters. The van der Waals surface area contributed by atoms with Crippen molar-refractivity contribution in [1.29, 1.82) is 0 Å². The number of hydrogen-bond acceptors (Lipinski definition) is 3. The van der Waals surface area contributed by atoms with Crippen molar-refractivity contribution in [3.8, 4) is 0 Å². The predicted molar refractivity (Wildman–Crippen MR) is 64.2 cm³/mol. The Labute approximate surface area is 94.2 Å². The number of ether oxygens (including phenoxy) is 1. The first kappa shape index (κ1) is 12.9. The van der Waals surface area contributed by atoms with E-state index in [1.807, 2.05) is 7.05 Å². The Morgan fingerprint density at radius 2 is 2.27 bits per heavy atom. The van der Waals surface area contributed by atoms with Crippen LogP contribution in [0.5, 0.6) is 0 Å². The van der Waals surface area contributed by atoms with Gasteiger partial charge < -0.3 is 10.1 Å². The first-order chi connectivity index (χ1) is 7.22. The fourth-order valence-corrected chi connectivity index (χ4v) is 2.02. The summed E-state index contributed by atoms with van der Waals surface area (Å²) in [5.74, 6) is 0. The highest BCUT2D eigenvalue weighted by Gasteiger charge is 2.15. The summed E-state index contributed by atoms with van der Waals surface area (Å²) in [5, 5.41) is 3.28. The molecule has 0 spiro atoms. The minimum atomic E-state index is 0.426. The molecule has 0 aromatic carbocycles. The number of nitrogens with one attached hydrogen (secondary N) is 1. The molecule has 1 aliphatic rings. The van der Waals surface area contributed by atoms with E-state index >= 15 is 0 Å². The molecule has 1 heterocycles. The van der Waals surface area contributed by atoms with E-state index in [-0.39, 0.29) is 0 Å². The molecular weight excluding hydrogens is 188 g/mol. The molecule has 1 N–H and O–H groups in total. The van der Waals surface area contributed by atoms with E-state index in [1.54, 1.807) is 0 Å². The van der Waals surface area contributed by atoms with Gasteiger partial charge in [-0.3, -0.25) is 4.90 Å². The number of morpholine rings is 1. The fourth-order valence-electron chi connectivity index (χ4n) is 2.02.